The summed E-state index contributed by atoms with van der Waals surface area (Å²) >= 11 is 0. The summed E-state index contributed by atoms with van der Waals surface area (Å²) in [7, 11) is 0. The molecule has 1 aliphatic rings. The third-order valence-corrected chi connectivity index (χ3v) is 3.65. The predicted octanol–water partition coefficient (Wildman–Crippen LogP) is 5.23. The molecule has 0 bridgehead atoms. The molecule has 0 aliphatic heterocycles. The van der Waals surface area contributed by atoms with Crippen LogP contribution in [0.5, 0.6) is 0 Å². The quantitative estimate of drug-likeness (QED) is 0.453. The van der Waals surface area contributed by atoms with Crippen molar-refractivity contribution in [2.75, 3.05) is 0 Å². The molecule has 1 fully saturated rings. The van der Waals surface area contributed by atoms with E-state index >= 15 is 0 Å². The van der Waals surface area contributed by atoms with Crippen LogP contribution < -0.4 is 0 Å². The summed E-state index contributed by atoms with van der Waals surface area (Å²) in [5.41, 5.74) is 1.34. The number of allylic oxidation sites excluding steroid dienone is 3. The lowest BCUT2D eigenvalue weighted by Crippen LogP contribution is -2.17. The average Bonchev–Trinajstić information content (AvgIpc) is 2.34. The van der Waals surface area contributed by atoms with Crippen LogP contribution in [0, 0.1) is 5.92 Å². The summed E-state index contributed by atoms with van der Waals surface area (Å²) in [4.78, 5) is 0. The van der Waals surface area contributed by atoms with Gasteiger partial charge in [0, 0.05) is 6.42 Å². The summed E-state index contributed by atoms with van der Waals surface area (Å²) in [6, 6.07) is 0. The number of ether oxygens (including phenoxy) is 1. The third-order valence-electron chi connectivity index (χ3n) is 3.65. The minimum Gasteiger partial charge on any atom is -0.495 e. The van der Waals surface area contributed by atoms with Crippen LogP contribution in [0.1, 0.15) is 65.7 Å². The van der Waals surface area contributed by atoms with Gasteiger partial charge in [-0.1, -0.05) is 19.4 Å². The molecule has 0 radical (unpaired) electrons. The van der Waals surface area contributed by atoms with Crippen LogP contribution in [0.25, 0.3) is 0 Å². The van der Waals surface area contributed by atoms with Crippen LogP contribution in [0.15, 0.2) is 24.0 Å². The molecule has 0 aromatic rings. The van der Waals surface area contributed by atoms with Gasteiger partial charge in [-0.15, -0.1) is 6.58 Å². The van der Waals surface area contributed by atoms with Crippen molar-refractivity contribution < 1.29 is 4.74 Å². The molecule has 0 N–H and O–H groups in total. The highest BCUT2D eigenvalue weighted by Gasteiger charge is 2.16. The van der Waals surface area contributed by atoms with Gasteiger partial charge in [-0.2, -0.15) is 0 Å². The van der Waals surface area contributed by atoms with Crippen molar-refractivity contribution in [2.45, 2.75) is 71.8 Å². The van der Waals surface area contributed by atoms with Gasteiger partial charge in [-0.25, -0.2) is 0 Å². The number of hydrogen-bond donors (Lipinski definition) is 0. The highest BCUT2D eigenvalue weighted by Crippen LogP contribution is 2.26. The van der Waals surface area contributed by atoms with Crippen molar-refractivity contribution in [1.29, 1.82) is 0 Å². The van der Waals surface area contributed by atoms with Gasteiger partial charge < -0.3 is 4.74 Å². The Morgan fingerprint density at radius 1 is 1.29 bits per heavy atom. The zero-order valence-corrected chi connectivity index (χ0v) is 11.8. The first-order valence-corrected chi connectivity index (χ1v) is 7.09. The van der Waals surface area contributed by atoms with E-state index in [0.29, 0.717) is 12.0 Å². The fourth-order valence-corrected chi connectivity index (χ4v) is 2.29. The Kier molecular flexibility index (Phi) is 6.39. The molecule has 17 heavy (non-hydrogen) atoms. The lowest BCUT2D eigenvalue weighted by atomic mass is 9.97. The Hall–Kier alpha value is -0.720. The topological polar surface area (TPSA) is 9.23 Å². The second kappa shape index (κ2) is 7.58. The molecule has 98 valence electrons. The molecular weight excluding hydrogens is 208 g/mol. The Morgan fingerprint density at radius 3 is 2.47 bits per heavy atom. The first kappa shape index (κ1) is 14.3. The lowest BCUT2D eigenvalue weighted by molar-refractivity contribution is 0.0738. The molecule has 1 atom stereocenters. The summed E-state index contributed by atoms with van der Waals surface area (Å²) in [6.45, 7) is 10.4. The van der Waals surface area contributed by atoms with Crippen molar-refractivity contribution in [1.82, 2.24) is 0 Å². The molecule has 1 heteroatoms. The Morgan fingerprint density at radius 2 is 1.94 bits per heavy atom. The first-order chi connectivity index (χ1) is 8.13. The average molecular weight is 236 g/mol. The molecule has 0 saturated heterocycles. The van der Waals surface area contributed by atoms with Gasteiger partial charge in [0.2, 0.25) is 0 Å². The van der Waals surface area contributed by atoms with Crippen molar-refractivity contribution in [3.63, 3.8) is 0 Å². The minimum absolute atomic E-state index is 0.479. The van der Waals surface area contributed by atoms with E-state index in [0.717, 1.165) is 12.8 Å². The second-order valence-corrected chi connectivity index (χ2v) is 5.55. The van der Waals surface area contributed by atoms with Crippen LogP contribution in [0.4, 0.5) is 0 Å². The third kappa shape index (κ3) is 5.43. The van der Waals surface area contributed by atoms with Crippen LogP contribution in [0.2, 0.25) is 0 Å². The Bertz CT molecular complexity index is 255. The monoisotopic (exact) mass is 236 g/mol. The molecule has 0 aromatic carbocycles. The van der Waals surface area contributed by atoms with Gasteiger partial charge in [-0.3, -0.25) is 0 Å². The molecule has 1 unspecified atom stereocenters. The zero-order valence-electron chi connectivity index (χ0n) is 11.8. The number of hydrogen-bond acceptors (Lipinski definition) is 1. The van der Waals surface area contributed by atoms with Crippen molar-refractivity contribution in [3.8, 4) is 0 Å². The molecule has 0 heterocycles. The summed E-state index contributed by atoms with van der Waals surface area (Å²) in [5, 5.41) is 0. The number of rotatable bonds is 6. The van der Waals surface area contributed by atoms with Gasteiger partial charge in [0.25, 0.3) is 0 Å². The molecule has 0 aromatic heterocycles. The van der Waals surface area contributed by atoms with Gasteiger partial charge >= 0.3 is 0 Å². The molecule has 1 nitrogen and oxygen atoms in total. The van der Waals surface area contributed by atoms with E-state index in [-0.39, 0.29) is 0 Å². The first-order valence-electron chi connectivity index (χ1n) is 7.09. The van der Waals surface area contributed by atoms with Crippen molar-refractivity contribution in [2.24, 2.45) is 5.92 Å². The molecule has 1 rings (SSSR count). The SMILES string of the molecule is C=CC(C)CCC(OC1CCCCC1)=C(C)C. The van der Waals surface area contributed by atoms with E-state index in [1.807, 2.05) is 6.08 Å². The zero-order chi connectivity index (χ0) is 12.7. The smallest absolute Gasteiger partial charge is 0.0982 e. The fourth-order valence-electron chi connectivity index (χ4n) is 2.29. The Labute approximate surface area is 107 Å². The summed E-state index contributed by atoms with van der Waals surface area (Å²) < 4.78 is 6.19. The van der Waals surface area contributed by atoms with Gasteiger partial charge in [0.05, 0.1) is 11.9 Å². The standard InChI is InChI=1S/C16H28O/c1-5-14(4)11-12-16(13(2)3)17-15-9-7-6-8-10-15/h5,14-15H,1,6-12H2,2-4H3. The maximum absolute atomic E-state index is 6.19. The van der Waals surface area contributed by atoms with E-state index in [4.69, 9.17) is 4.74 Å². The maximum atomic E-state index is 6.19. The van der Waals surface area contributed by atoms with E-state index < -0.39 is 0 Å². The van der Waals surface area contributed by atoms with Gasteiger partial charge in [-0.05, 0) is 57.4 Å². The molecule has 0 amide bonds. The molecule has 0 spiro atoms. The van der Waals surface area contributed by atoms with Gasteiger partial charge in [0.15, 0.2) is 0 Å². The van der Waals surface area contributed by atoms with Crippen LogP contribution >= 0.6 is 0 Å². The highest BCUT2D eigenvalue weighted by atomic mass is 16.5. The highest BCUT2D eigenvalue weighted by molar-refractivity contribution is 5.03. The van der Waals surface area contributed by atoms with Crippen molar-refractivity contribution >= 4 is 0 Å². The largest absolute Gasteiger partial charge is 0.495 e. The fraction of sp³-hybridized carbons (Fsp3) is 0.750. The van der Waals surface area contributed by atoms with Crippen LogP contribution in [-0.4, -0.2) is 6.10 Å². The summed E-state index contributed by atoms with van der Waals surface area (Å²) in [6.07, 6.45) is 11.3. The molecular formula is C16H28O. The van der Waals surface area contributed by atoms with Gasteiger partial charge in [0.1, 0.15) is 0 Å². The molecule has 1 saturated carbocycles. The van der Waals surface area contributed by atoms with E-state index in [9.17, 15) is 0 Å². The molecule has 1 aliphatic carbocycles. The minimum atomic E-state index is 0.479. The van der Waals surface area contributed by atoms with Crippen molar-refractivity contribution in [3.05, 3.63) is 24.0 Å². The van der Waals surface area contributed by atoms with E-state index in [1.54, 1.807) is 0 Å². The lowest BCUT2D eigenvalue weighted by Gasteiger charge is -2.25. The normalized spacial score (nSPS) is 18.5. The predicted molar refractivity (Wildman–Crippen MR) is 74.9 cm³/mol. The van der Waals surface area contributed by atoms with E-state index in [1.165, 1.54) is 43.4 Å². The second-order valence-electron chi connectivity index (χ2n) is 5.55. The van der Waals surface area contributed by atoms with E-state index in [2.05, 4.69) is 27.4 Å². The maximum Gasteiger partial charge on any atom is 0.0982 e. The van der Waals surface area contributed by atoms with Crippen LogP contribution in [-0.2, 0) is 4.74 Å². The summed E-state index contributed by atoms with van der Waals surface area (Å²) in [5.74, 6) is 1.81. The Balaban J connectivity index is 2.43. The van der Waals surface area contributed by atoms with Crippen LogP contribution in [0.3, 0.4) is 0 Å².